The van der Waals surface area contributed by atoms with Crippen LogP contribution in [0.15, 0.2) is 0 Å². The number of hydrogen-bond donors (Lipinski definition) is 0. The number of unbranched alkanes of at least 4 members (excludes halogenated alkanes) is 1. The van der Waals surface area contributed by atoms with Crippen molar-refractivity contribution in [1.82, 2.24) is 4.90 Å². The van der Waals surface area contributed by atoms with Crippen LogP contribution in [-0.4, -0.2) is 25.0 Å². The molecule has 0 fully saturated rings. The fourth-order valence-electron chi connectivity index (χ4n) is 1.28. The molecule has 2 unspecified atom stereocenters. The first-order chi connectivity index (χ1) is 5.09. The molecule has 11 heavy (non-hydrogen) atoms. The molecule has 0 radical (unpaired) electrons. The summed E-state index contributed by atoms with van der Waals surface area (Å²) in [4.78, 5) is 2.31. The highest BCUT2D eigenvalue weighted by atomic mass is 15.1. The Morgan fingerprint density at radius 2 is 1.73 bits per heavy atom. The highest BCUT2D eigenvalue weighted by Crippen LogP contribution is 2.14. The zero-order valence-electron chi connectivity index (χ0n) is 8.72. The van der Waals surface area contributed by atoms with E-state index >= 15 is 0 Å². The standard InChI is InChI=1S/C10H23N/c1-6-7-8-9(2)10(3)11(4)5/h9-10H,6-8H2,1-5H3. The third kappa shape index (κ3) is 4.41. The van der Waals surface area contributed by atoms with E-state index in [1.807, 2.05) is 0 Å². The molecule has 0 aromatic rings. The molecular formula is C10H23N. The highest BCUT2D eigenvalue weighted by molar-refractivity contribution is 4.67. The molecule has 0 bridgehead atoms. The SMILES string of the molecule is CCCCC(C)C(C)N(C)C. The van der Waals surface area contributed by atoms with Crippen LogP contribution in [0.25, 0.3) is 0 Å². The summed E-state index contributed by atoms with van der Waals surface area (Å²) < 4.78 is 0. The van der Waals surface area contributed by atoms with Crippen molar-refractivity contribution in [2.24, 2.45) is 5.92 Å². The molecule has 0 aliphatic heterocycles. The van der Waals surface area contributed by atoms with Crippen LogP contribution in [0.4, 0.5) is 0 Å². The molecule has 0 aromatic heterocycles. The molecule has 2 atom stereocenters. The maximum Gasteiger partial charge on any atom is 0.00864 e. The molecule has 0 aromatic carbocycles. The largest absolute Gasteiger partial charge is 0.306 e. The molecule has 0 aliphatic rings. The Balaban J connectivity index is 3.55. The second-order valence-corrected chi connectivity index (χ2v) is 3.82. The predicted molar refractivity (Wildman–Crippen MR) is 51.8 cm³/mol. The Bertz CT molecular complexity index is 88.9. The summed E-state index contributed by atoms with van der Waals surface area (Å²) in [5.74, 6) is 0.838. The van der Waals surface area contributed by atoms with Gasteiger partial charge in [-0.15, -0.1) is 0 Å². The second kappa shape index (κ2) is 5.59. The van der Waals surface area contributed by atoms with Crippen molar-refractivity contribution in [2.75, 3.05) is 14.1 Å². The minimum Gasteiger partial charge on any atom is -0.306 e. The van der Waals surface area contributed by atoms with Gasteiger partial charge in [0.2, 0.25) is 0 Å². The summed E-state index contributed by atoms with van der Waals surface area (Å²) in [5.41, 5.74) is 0. The molecule has 0 rings (SSSR count). The third-order valence-corrected chi connectivity index (χ3v) is 2.65. The third-order valence-electron chi connectivity index (χ3n) is 2.65. The van der Waals surface area contributed by atoms with Crippen LogP contribution >= 0.6 is 0 Å². The second-order valence-electron chi connectivity index (χ2n) is 3.82. The summed E-state index contributed by atoms with van der Waals surface area (Å²) in [5, 5.41) is 0. The lowest BCUT2D eigenvalue weighted by Gasteiger charge is -2.26. The molecule has 0 saturated carbocycles. The minimum atomic E-state index is 0.724. The topological polar surface area (TPSA) is 3.24 Å². The molecule has 68 valence electrons. The quantitative estimate of drug-likeness (QED) is 0.593. The average molecular weight is 157 g/mol. The zero-order chi connectivity index (χ0) is 8.85. The van der Waals surface area contributed by atoms with Crippen LogP contribution in [0, 0.1) is 5.92 Å². The molecule has 0 amide bonds. The summed E-state index contributed by atoms with van der Waals surface area (Å²) in [6.07, 6.45) is 4.07. The van der Waals surface area contributed by atoms with E-state index in [0.29, 0.717) is 0 Å². The van der Waals surface area contributed by atoms with Crippen LogP contribution in [0.5, 0.6) is 0 Å². The molecular weight excluding hydrogens is 134 g/mol. The van der Waals surface area contributed by atoms with Crippen LogP contribution < -0.4 is 0 Å². The molecule has 0 N–H and O–H groups in total. The lowest BCUT2D eigenvalue weighted by Crippen LogP contribution is -2.30. The maximum atomic E-state index is 2.35. The number of hydrogen-bond acceptors (Lipinski definition) is 1. The van der Waals surface area contributed by atoms with E-state index in [9.17, 15) is 0 Å². The molecule has 0 saturated heterocycles. The van der Waals surface area contributed by atoms with Crippen molar-refractivity contribution in [3.05, 3.63) is 0 Å². The molecule has 0 spiro atoms. The Kier molecular flexibility index (Phi) is 5.57. The average Bonchev–Trinajstić information content (AvgIpc) is 1.98. The Hall–Kier alpha value is -0.0400. The van der Waals surface area contributed by atoms with Crippen LogP contribution in [0.2, 0.25) is 0 Å². The molecule has 1 nitrogen and oxygen atoms in total. The van der Waals surface area contributed by atoms with E-state index in [4.69, 9.17) is 0 Å². The van der Waals surface area contributed by atoms with Gasteiger partial charge in [0, 0.05) is 6.04 Å². The van der Waals surface area contributed by atoms with E-state index in [-0.39, 0.29) is 0 Å². The first-order valence-corrected chi connectivity index (χ1v) is 4.76. The van der Waals surface area contributed by atoms with E-state index in [0.717, 1.165) is 12.0 Å². The van der Waals surface area contributed by atoms with Crippen molar-refractivity contribution in [1.29, 1.82) is 0 Å². The lowest BCUT2D eigenvalue weighted by molar-refractivity contribution is 0.227. The van der Waals surface area contributed by atoms with Gasteiger partial charge in [0.25, 0.3) is 0 Å². The Labute approximate surface area is 71.8 Å². The molecule has 0 aliphatic carbocycles. The maximum absolute atomic E-state index is 2.35. The monoisotopic (exact) mass is 157 g/mol. The van der Waals surface area contributed by atoms with E-state index in [1.54, 1.807) is 0 Å². The van der Waals surface area contributed by atoms with Gasteiger partial charge in [0.05, 0.1) is 0 Å². The van der Waals surface area contributed by atoms with Crippen molar-refractivity contribution in [2.45, 2.75) is 46.1 Å². The highest BCUT2D eigenvalue weighted by Gasteiger charge is 2.12. The van der Waals surface area contributed by atoms with E-state index in [2.05, 4.69) is 39.8 Å². The van der Waals surface area contributed by atoms with Gasteiger partial charge in [0.15, 0.2) is 0 Å². The number of rotatable bonds is 5. The Morgan fingerprint density at radius 1 is 1.18 bits per heavy atom. The Morgan fingerprint density at radius 3 is 2.09 bits per heavy atom. The van der Waals surface area contributed by atoms with Crippen molar-refractivity contribution in [3.8, 4) is 0 Å². The molecule has 0 heterocycles. The smallest absolute Gasteiger partial charge is 0.00864 e. The summed E-state index contributed by atoms with van der Waals surface area (Å²) in [6, 6.07) is 0.724. The first kappa shape index (κ1) is 11.0. The summed E-state index contributed by atoms with van der Waals surface area (Å²) in [6.45, 7) is 6.91. The fourth-order valence-corrected chi connectivity index (χ4v) is 1.28. The summed E-state index contributed by atoms with van der Waals surface area (Å²) in [7, 11) is 4.32. The van der Waals surface area contributed by atoms with Gasteiger partial charge >= 0.3 is 0 Å². The first-order valence-electron chi connectivity index (χ1n) is 4.76. The summed E-state index contributed by atoms with van der Waals surface area (Å²) >= 11 is 0. The van der Waals surface area contributed by atoms with E-state index in [1.165, 1.54) is 19.3 Å². The van der Waals surface area contributed by atoms with E-state index < -0.39 is 0 Å². The van der Waals surface area contributed by atoms with Gasteiger partial charge in [0.1, 0.15) is 0 Å². The number of nitrogens with zero attached hydrogens (tertiary/aromatic N) is 1. The fraction of sp³-hybridized carbons (Fsp3) is 1.00. The van der Waals surface area contributed by atoms with Crippen LogP contribution in [0.1, 0.15) is 40.0 Å². The van der Waals surface area contributed by atoms with Gasteiger partial charge in [-0.1, -0.05) is 26.7 Å². The van der Waals surface area contributed by atoms with Gasteiger partial charge in [-0.2, -0.15) is 0 Å². The van der Waals surface area contributed by atoms with Crippen LogP contribution in [0.3, 0.4) is 0 Å². The van der Waals surface area contributed by atoms with Gasteiger partial charge in [-0.25, -0.2) is 0 Å². The van der Waals surface area contributed by atoms with Crippen molar-refractivity contribution >= 4 is 0 Å². The van der Waals surface area contributed by atoms with Crippen LogP contribution in [-0.2, 0) is 0 Å². The predicted octanol–water partition coefficient (Wildman–Crippen LogP) is 2.76. The normalized spacial score (nSPS) is 16.9. The minimum absolute atomic E-state index is 0.724. The zero-order valence-corrected chi connectivity index (χ0v) is 8.72. The van der Waals surface area contributed by atoms with Crippen molar-refractivity contribution in [3.63, 3.8) is 0 Å². The lowest BCUT2D eigenvalue weighted by atomic mass is 9.96. The molecule has 1 heteroatoms. The van der Waals surface area contributed by atoms with Gasteiger partial charge < -0.3 is 4.90 Å². The van der Waals surface area contributed by atoms with Gasteiger partial charge in [-0.05, 0) is 33.4 Å². The van der Waals surface area contributed by atoms with Crippen molar-refractivity contribution < 1.29 is 0 Å². The van der Waals surface area contributed by atoms with Gasteiger partial charge in [-0.3, -0.25) is 0 Å².